The first-order chi connectivity index (χ1) is 7.72. The highest BCUT2D eigenvalue weighted by atomic mass is 16.3. The van der Waals surface area contributed by atoms with Crippen molar-refractivity contribution in [1.29, 1.82) is 0 Å². The standard InChI is InChI=1S/C13H28N2O2/c1-6-13(7-2,9-16)8-15-11(17)10(14)12(3,4)5/h10,16H,6-9,14H2,1-5H3,(H,15,17)/t10-/m1/s1. The Hall–Kier alpha value is -0.610. The van der Waals surface area contributed by atoms with Crippen LogP contribution in [0, 0.1) is 10.8 Å². The summed E-state index contributed by atoms with van der Waals surface area (Å²) in [6.45, 7) is 10.4. The molecule has 1 amide bonds. The third kappa shape index (κ3) is 4.64. The maximum atomic E-state index is 11.9. The second-order valence-corrected chi connectivity index (χ2v) is 5.93. The molecule has 0 spiro atoms. The highest BCUT2D eigenvalue weighted by Gasteiger charge is 2.30. The molecule has 0 aliphatic rings. The summed E-state index contributed by atoms with van der Waals surface area (Å²) < 4.78 is 0. The number of aliphatic hydroxyl groups is 1. The lowest BCUT2D eigenvalue weighted by atomic mass is 9.82. The number of amides is 1. The van der Waals surface area contributed by atoms with Crippen molar-refractivity contribution in [2.45, 2.75) is 53.5 Å². The molecule has 0 aliphatic carbocycles. The van der Waals surface area contributed by atoms with Crippen LogP contribution in [0.25, 0.3) is 0 Å². The Labute approximate surface area is 105 Å². The maximum Gasteiger partial charge on any atom is 0.237 e. The summed E-state index contributed by atoms with van der Waals surface area (Å²) in [5, 5.41) is 12.3. The van der Waals surface area contributed by atoms with Crippen molar-refractivity contribution in [3.63, 3.8) is 0 Å². The molecule has 0 unspecified atom stereocenters. The third-order valence-electron chi connectivity index (χ3n) is 3.69. The molecule has 0 aromatic heterocycles. The summed E-state index contributed by atoms with van der Waals surface area (Å²) in [5.74, 6) is -0.141. The molecule has 0 fully saturated rings. The molecule has 0 rings (SSSR count). The van der Waals surface area contributed by atoms with E-state index in [1.54, 1.807) is 0 Å². The van der Waals surface area contributed by atoms with Gasteiger partial charge in [-0.25, -0.2) is 0 Å². The number of hydrogen-bond acceptors (Lipinski definition) is 3. The lowest BCUT2D eigenvalue weighted by Gasteiger charge is -2.32. The molecule has 4 nitrogen and oxygen atoms in total. The first-order valence-corrected chi connectivity index (χ1v) is 6.36. The monoisotopic (exact) mass is 244 g/mol. The summed E-state index contributed by atoms with van der Waals surface area (Å²) in [4.78, 5) is 11.9. The Morgan fingerprint density at radius 3 is 2.06 bits per heavy atom. The van der Waals surface area contributed by atoms with E-state index in [0.717, 1.165) is 12.8 Å². The Morgan fingerprint density at radius 2 is 1.76 bits per heavy atom. The fraction of sp³-hybridized carbons (Fsp3) is 0.923. The van der Waals surface area contributed by atoms with Crippen molar-refractivity contribution in [2.24, 2.45) is 16.6 Å². The van der Waals surface area contributed by atoms with Gasteiger partial charge in [0.1, 0.15) is 0 Å². The minimum Gasteiger partial charge on any atom is -0.396 e. The molecule has 4 heteroatoms. The Balaban J connectivity index is 4.42. The number of aliphatic hydroxyl groups excluding tert-OH is 1. The molecule has 4 N–H and O–H groups in total. The number of carbonyl (C=O) groups is 1. The van der Waals surface area contributed by atoms with E-state index >= 15 is 0 Å². The van der Waals surface area contributed by atoms with Crippen molar-refractivity contribution < 1.29 is 9.90 Å². The van der Waals surface area contributed by atoms with Crippen LogP contribution in [0.4, 0.5) is 0 Å². The van der Waals surface area contributed by atoms with E-state index in [-0.39, 0.29) is 23.3 Å². The zero-order valence-electron chi connectivity index (χ0n) is 11.8. The van der Waals surface area contributed by atoms with E-state index in [1.165, 1.54) is 0 Å². The molecule has 0 aromatic carbocycles. The molecule has 17 heavy (non-hydrogen) atoms. The van der Waals surface area contributed by atoms with Gasteiger partial charge in [-0.3, -0.25) is 4.79 Å². The quantitative estimate of drug-likeness (QED) is 0.658. The predicted octanol–water partition coefficient (Wildman–Crippen LogP) is 1.27. The van der Waals surface area contributed by atoms with Crippen molar-refractivity contribution >= 4 is 5.91 Å². The van der Waals surface area contributed by atoms with Gasteiger partial charge in [-0.15, -0.1) is 0 Å². The van der Waals surface area contributed by atoms with E-state index in [9.17, 15) is 9.90 Å². The van der Waals surface area contributed by atoms with Crippen LogP contribution in [0.2, 0.25) is 0 Å². The third-order valence-corrected chi connectivity index (χ3v) is 3.69. The van der Waals surface area contributed by atoms with Crippen molar-refractivity contribution in [3.8, 4) is 0 Å². The van der Waals surface area contributed by atoms with E-state index < -0.39 is 6.04 Å². The van der Waals surface area contributed by atoms with E-state index in [1.807, 2.05) is 34.6 Å². The molecular formula is C13H28N2O2. The van der Waals surface area contributed by atoms with Gasteiger partial charge in [0.2, 0.25) is 5.91 Å². The highest BCUT2D eigenvalue weighted by molar-refractivity contribution is 5.82. The lowest BCUT2D eigenvalue weighted by molar-refractivity contribution is -0.125. The number of hydrogen-bond donors (Lipinski definition) is 3. The normalized spacial score (nSPS) is 14.5. The molecule has 0 bridgehead atoms. The number of carbonyl (C=O) groups excluding carboxylic acids is 1. The predicted molar refractivity (Wildman–Crippen MR) is 70.5 cm³/mol. The largest absolute Gasteiger partial charge is 0.396 e. The molecule has 0 radical (unpaired) electrons. The molecule has 0 aliphatic heterocycles. The zero-order chi connectivity index (χ0) is 13.7. The first kappa shape index (κ1) is 16.4. The van der Waals surface area contributed by atoms with Gasteiger partial charge in [0.05, 0.1) is 12.6 Å². The summed E-state index contributed by atoms with van der Waals surface area (Å²) in [5.41, 5.74) is 5.41. The maximum absolute atomic E-state index is 11.9. The van der Waals surface area contributed by atoms with Crippen LogP contribution in [-0.2, 0) is 4.79 Å². The topological polar surface area (TPSA) is 75.3 Å². The van der Waals surface area contributed by atoms with Gasteiger partial charge in [-0.1, -0.05) is 34.6 Å². The van der Waals surface area contributed by atoms with E-state index in [2.05, 4.69) is 5.32 Å². The molecule has 0 heterocycles. The zero-order valence-corrected chi connectivity index (χ0v) is 11.8. The fourth-order valence-electron chi connectivity index (χ4n) is 1.56. The van der Waals surface area contributed by atoms with Gasteiger partial charge < -0.3 is 16.2 Å². The van der Waals surface area contributed by atoms with Crippen LogP contribution in [-0.4, -0.2) is 30.2 Å². The molecule has 1 atom stereocenters. The van der Waals surface area contributed by atoms with Gasteiger partial charge in [-0.05, 0) is 18.3 Å². The van der Waals surface area contributed by atoms with E-state index in [4.69, 9.17) is 5.73 Å². The molecule has 102 valence electrons. The minimum atomic E-state index is -0.521. The Kier molecular flexibility index (Phi) is 6.13. The van der Waals surface area contributed by atoms with Crippen molar-refractivity contribution in [3.05, 3.63) is 0 Å². The van der Waals surface area contributed by atoms with Gasteiger partial charge in [0, 0.05) is 12.0 Å². The van der Waals surface area contributed by atoms with Gasteiger partial charge in [-0.2, -0.15) is 0 Å². The summed E-state index contributed by atoms with van der Waals surface area (Å²) in [6.07, 6.45) is 1.68. The number of rotatable bonds is 6. The van der Waals surface area contributed by atoms with Crippen molar-refractivity contribution in [1.82, 2.24) is 5.32 Å². The van der Waals surface area contributed by atoms with Gasteiger partial charge in [0.25, 0.3) is 0 Å². The average Bonchev–Trinajstić information content (AvgIpc) is 2.29. The average molecular weight is 244 g/mol. The Bertz CT molecular complexity index is 234. The van der Waals surface area contributed by atoms with Crippen LogP contribution in [0.5, 0.6) is 0 Å². The summed E-state index contributed by atoms with van der Waals surface area (Å²) in [6, 6.07) is -0.521. The molecular weight excluding hydrogens is 216 g/mol. The SMILES string of the molecule is CCC(CC)(CO)CNC(=O)[C@@H](N)C(C)(C)C. The second kappa shape index (κ2) is 6.36. The van der Waals surface area contributed by atoms with Crippen LogP contribution in [0.3, 0.4) is 0 Å². The molecule has 0 saturated heterocycles. The summed E-state index contributed by atoms with van der Waals surface area (Å²) >= 11 is 0. The van der Waals surface area contributed by atoms with Gasteiger partial charge in [0.15, 0.2) is 0 Å². The van der Waals surface area contributed by atoms with E-state index in [0.29, 0.717) is 6.54 Å². The molecule has 0 aromatic rings. The number of nitrogens with one attached hydrogen (secondary N) is 1. The first-order valence-electron chi connectivity index (χ1n) is 6.36. The van der Waals surface area contributed by atoms with Crippen LogP contribution < -0.4 is 11.1 Å². The smallest absolute Gasteiger partial charge is 0.237 e. The highest BCUT2D eigenvalue weighted by Crippen LogP contribution is 2.24. The fourth-order valence-corrected chi connectivity index (χ4v) is 1.56. The lowest BCUT2D eigenvalue weighted by Crippen LogP contribution is -2.51. The summed E-state index contributed by atoms with van der Waals surface area (Å²) in [7, 11) is 0. The number of nitrogens with two attached hydrogens (primary N) is 1. The van der Waals surface area contributed by atoms with Gasteiger partial charge >= 0.3 is 0 Å². The van der Waals surface area contributed by atoms with Crippen LogP contribution >= 0.6 is 0 Å². The van der Waals surface area contributed by atoms with Crippen molar-refractivity contribution in [2.75, 3.05) is 13.2 Å². The molecule has 0 saturated carbocycles. The second-order valence-electron chi connectivity index (χ2n) is 5.93. The Morgan fingerprint density at radius 1 is 1.29 bits per heavy atom. The van der Waals surface area contributed by atoms with Crippen LogP contribution in [0.1, 0.15) is 47.5 Å². The van der Waals surface area contributed by atoms with Crippen LogP contribution in [0.15, 0.2) is 0 Å². The minimum absolute atomic E-state index is 0.0883.